The van der Waals surface area contributed by atoms with E-state index in [0.717, 1.165) is 51.9 Å². The molecule has 0 atom stereocenters. The summed E-state index contributed by atoms with van der Waals surface area (Å²) >= 11 is 0. The highest BCUT2D eigenvalue weighted by molar-refractivity contribution is 5.92. The van der Waals surface area contributed by atoms with Crippen molar-refractivity contribution in [1.29, 1.82) is 0 Å². The van der Waals surface area contributed by atoms with Gasteiger partial charge in [-0.1, -0.05) is 13.2 Å². The first-order chi connectivity index (χ1) is 11.3. The van der Waals surface area contributed by atoms with Crippen LogP contribution in [0, 0.1) is 11.8 Å². The molecule has 0 saturated heterocycles. The van der Waals surface area contributed by atoms with Crippen LogP contribution in [0.3, 0.4) is 0 Å². The molecule has 0 aromatic rings. The summed E-state index contributed by atoms with van der Waals surface area (Å²) in [4.78, 5) is 28.0. The second-order valence-corrected chi connectivity index (χ2v) is 7.13. The van der Waals surface area contributed by atoms with Crippen molar-refractivity contribution in [1.82, 2.24) is 9.80 Å². The number of hydrogen-bond acceptors (Lipinski definition) is 2. The van der Waals surface area contributed by atoms with Crippen LogP contribution in [0.25, 0.3) is 0 Å². The number of nitrogens with zero attached hydrogens (tertiary/aromatic N) is 2. The molecule has 0 spiro atoms. The summed E-state index contributed by atoms with van der Waals surface area (Å²) in [5.74, 6) is 1.28. The summed E-state index contributed by atoms with van der Waals surface area (Å²) in [5.41, 5.74) is 1.23. The van der Waals surface area contributed by atoms with Crippen LogP contribution in [0.2, 0.25) is 0 Å². The largest absolute Gasteiger partial charge is 0.339 e. The van der Waals surface area contributed by atoms with Crippen LogP contribution in [0.5, 0.6) is 0 Å². The summed E-state index contributed by atoms with van der Waals surface area (Å²) in [6, 6.07) is 0. The van der Waals surface area contributed by atoms with Crippen molar-refractivity contribution in [2.24, 2.45) is 11.8 Å². The van der Waals surface area contributed by atoms with E-state index in [-0.39, 0.29) is 11.8 Å². The molecule has 24 heavy (non-hydrogen) atoms. The lowest BCUT2D eigenvalue weighted by Crippen LogP contribution is -2.39. The number of hydrogen-bond donors (Lipinski definition) is 0. The zero-order chi connectivity index (χ0) is 18.3. The number of rotatable bonds is 8. The van der Waals surface area contributed by atoms with E-state index >= 15 is 0 Å². The summed E-state index contributed by atoms with van der Waals surface area (Å²) in [5, 5.41) is 0. The predicted octanol–water partition coefficient (Wildman–Crippen LogP) is 3.64. The van der Waals surface area contributed by atoms with E-state index in [1.807, 2.05) is 23.6 Å². The standard InChI is InChI=1S/C20H34N2O2/c1-7-21(19(23)15(3)4)13-17-9-11-18(12-10-17)14-22(8-2)20(24)16(5)6/h17-18H,3,5,7-14H2,1-2,4,6H3. The molecule has 0 heterocycles. The van der Waals surface area contributed by atoms with Crippen molar-refractivity contribution in [3.05, 3.63) is 24.3 Å². The normalized spacial score (nSPS) is 20.3. The van der Waals surface area contributed by atoms with Crippen LogP contribution in [-0.2, 0) is 9.59 Å². The molecule has 0 bridgehead atoms. The van der Waals surface area contributed by atoms with E-state index in [2.05, 4.69) is 13.2 Å². The lowest BCUT2D eigenvalue weighted by atomic mass is 9.81. The highest BCUT2D eigenvalue weighted by Crippen LogP contribution is 2.30. The topological polar surface area (TPSA) is 40.6 Å². The van der Waals surface area contributed by atoms with E-state index in [0.29, 0.717) is 23.0 Å². The molecule has 0 aromatic heterocycles. The maximum Gasteiger partial charge on any atom is 0.248 e. The molecule has 1 fully saturated rings. The number of amides is 2. The van der Waals surface area contributed by atoms with Gasteiger partial charge in [0.05, 0.1) is 0 Å². The molecule has 0 unspecified atom stereocenters. The van der Waals surface area contributed by atoms with Gasteiger partial charge in [0.25, 0.3) is 0 Å². The van der Waals surface area contributed by atoms with Crippen molar-refractivity contribution >= 4 is 11.8 Å². The van der Waals surface area contributed by atoms with Crippen molar-refractivity contribution in [3.63, 3.8) is 0 Å². The molecule has 136 valence electrons. The highest BCUT2D eigenvalue weighted by atomic mass is 16.2. The first-order valence-electron chi connectivity index (χ1n) is 9.19. The molecule has 1 aliphatic carbocycles. The summed E-state index contributed by atoms with van der Waals surface area (Å²) in [7, 11) is 0. The summed E-state index contributed by atoms with van der Waals surface area (Å²) < 4.78 is 0. The zero-order valence-corrected chi connectivity index (χ0v) is 15.9. The quantitative estimate of drug-likeness (QED) is 0.636. The van der Waals surface area contributed by atoms with E-state index in [1.54, 1.807) is 13.8 Å². The molecule has 1 aliphatic rings. The zero-order valence-electron chi connectivity index (χ0n) is 15.9. The summed E-state index contributed by atoms with van der Waals surface area (Å²) in [6.45, 7) is 18.3. The Morgan fingerprint density at radius 2 is 1.08 bits per heavy atom. The minimum Gasteiger partial charge on any atom is -0.339 e. The molecule has 0 N–H and O–H groups in total. The van der Waals surface area contributed by atoms with Gasteiger partial charge in [0.15, 0.2) is 0 Å². The highest BCUT2D eigenvalue weighted by Gasteiger charge is 2.26. The first-order valence-corrected chi connectivity index (χ1v) is 9.19. The molecular weight excluding hydrogens is 300 g/mol. The smallest absolute Gasteiger partial charge is 0.248 e. The van der Waals surface area contributed by atoms with E-state index in [1.165, 1.54) is 0 Å². The van der Waals surface area contributed by atoms with Gasteiger partial charge < -0.3 is 9.80 Å². The van der Waals surface area contributed by atoms with E-state index in [4.69, 9.17) is 0 Å². The average Bonchev–Trinajstić information content (AvgIpc) is 2.57. The van der Waals surface area contributed by atoms with E-state index in [9.17, 15) is 9.59 Å². The molecule has 1 saturated carbocycles. The number of carbonyl (C=O) groups excluding carboxylic acids is 2. The number of likely N-dealkylation sites (N-methyl/N-ethyl adjacent to an activating group) is 2. The van der Waals surface area contributed by atoms with Crippen molar-refractivity contribution in [3.8, 4) is 0 Å². The SMILES string of the molecule is C=C(C)C(=O)N(CC)CC1CCC(CN(CC)C(=O)C(=C)C)CC1. The Morgan fingerprint density at radius 3 is 1.29 bits per heavy atom. The third-order valence-corrected chi connectivity index (χ3v) is 4.99. The van der Waals surface area contributed by atoms with Gasteiger partial charge in [-0.2, -0.15) is 0 Å². The molecule has 2 amide bonds. The van der Waals surface area contributed by atoms with Gasteiger partial charge in [-0.05, 0) is 65.2 Å². The molecular formula is C20H34N2O2. The Bertz CT molecular complexity index is 432. The fourth-order valence-corrected chi connectivity index (χ4v) is 3.47. The maximum atomic E-state index is 12.1. The van der Waals surface area contributed by atoms with Crippen LogP contribution >= 0.6 is 0 Å². The first kappa shape index (κ1) is 20.5. The minimum absolute atomic E-state index is 0.0730. The van der Waals surface area contributed by atoms with Gasteiger partial charge in [0.2, 0.25) is 11.8 Å². The third kappa shape index (κ3) is 5.81. The fourth-order valence-electron chi connectivity index (χ4n) is 3.47. The molecule has 1 rings (SSSR count). The van der Waals surface area contributed by atoms with Crippen molar-refractivity contribution in [2.75, 3.05) is 26.2 Å². The van der Waals surface area contributed by atoms with Gasteiger partial charge in [-0.15, -0.1) is 0 Å². The summed E-state index contributed by atoms with van der Waals surface area (Å²) in [6.07, 6.45) is 4.51. The molecule has 0 aromatic carbocycles. The van der Waals surface area contributed by atoms with Gasteiger partial charge in [-0.3, -0.25) is 9.59 Å². The van der Waals surface area contributed by atoms with Gasteiger partial charge in [-0.25, -0.2) is 0 Å². The second kappa shape index (κ2) is 9.65. The second-order valence-electron chi connectivity index (χ2n) is 7.13. The Hall–Kier alpha value is -1.58. The molecule has 0 radical (unpaired) electrons. The van der Waals surface area contributed by atoms with Crippen LogP contribution < -0.4 is 0 Å². The van der Waals surface area contributed by atoms with Gasteiger partial charge in [0, 0.05) is 37.3 Å². The predicted molar refractivity (Wildman–Crippen MR) is 99.6 cm³/mol. The Kier molecular flexibility index (Phi) is 8.23. The van der Waals surface area contributed by atoms with E-state index < -0.39 is 0 Å². The number of carbonyl (C=O) groups is 2. The Morgan fingerprint density at radius 1 is 0.792 bits per heavy atom. The molecule has 4 nitrogen and oxygen atoms in total. The third-order valence-electron chi connectivity index (χ3n) is 4.99. The van der Waals surface area contributed by atoms with Crippen LogP contribution in [0.1, 0.15) is 53.4 Å². The van der Waals surface area contributed by atoms with Crippen molar-refractivity contribution in [2.45, 2.75) is 53.4 Å². The molecule has 0 aliphatic heterocycles. The molecule has 4 heteroatoms. The van der Waals surface area contributed by atoms with Crippen LogP contribution in [-0.4, -0.2) is 47.8 Å². The monoisotopic (exact) mass is 334 g/mol. The maximum absolute atomic E-state index is 12.1. The van der Waals surface area contributed by atoms with Gasteiger partial charge in [0.1, 0.15) is 0 Å². The minimum atomic E-state index is 0.0730. The fraction of sp³-hybridized carbons (Fsp3) is 0.700. The van der Waals surface area contributed by atoms with Crippen LogP contribution in [0.4, 0.5) is 0 Å². The lowest BCUT2D eigenvalue weighted by Gasteiger charge is -2.34. The Balaban J connectivity index is 2.48. The van der Waals surface area contributed by atoms with Crippen LogP contribution in [0.15, 0.2) is 24.3 Å². The Labute approximate surface area is 147 Å². The van der Waals surface area contributed by atoms with Gasteiger partial charge >= 0.3 is 0 Å². The average molecular weight is 335 g/mol. The van der Waals surface area contributed by atoms with Crippen molar-refractivity contribution < 1.29 is 9.59 Å². The lowest BCUT2D eigenvalue weighted by molar-refractivity contribution is -0.129.